The second-order valence-corrected chi connectivity index (χ2v) is 37.5. The number of imidazole rings is 1. The number of fused-ring (bicyclic) bond motifs is 18. The first-order valence-corrected chi connectivity index (χ1v) is 48.0. The van der Waals surface area contributed by atoms with Crippen molar-refractivity contribution in [2.75, 3.05) is 0 Å². The SMILES string of the molecule is CC1=C(C)C(C)(C)c2cc3c4ccccc4n(-c4ccccc4)c3cc21.Cc1oc2cc3c4ccccc4n(-c4cccc(-c5nc(-c6ccccc6)nc(-c6ccccc6)n5)c4)c3cc2c1C.Cc1oc2cc3c4ccccc4n(-c4cccc(-c5nc6ccccc6n5-c5ccccc5)c4)c3cc2c1C.Cc1oc2cc3c4ccccc4n(-c4nc(-c5ccccc5)c5ccccc5n4)c3cc2c1C. The molecular weight excluding hydrogens is 1730 g/mol. The summed E-state index contributed by atoms with van der Waals surface area (Å²) < 4.78 is 29.8. The average molecular weight is 1820 g/mol. The smallest absolute Gasteiger partial charge is 0.235 e. The minimum atomic E-state index is 0.101. The number of hydrogen-bond donors (Lipinski definition) is 0. The summed E-state index contributed by atoms with van der Waals surface area (Å²) in [7, 11) is 0. The van der Waals surface area contributed by atoms with Gasteiger partial charge < -0.3 is 27.0 Å². The van der Waals surface area contributed by atoms with E-state index in [0.29, 0.717) is 23.4 Å². The topological polar surface area (TPSA) is 141 Å². The van der Waals surface area contributed by atoms with Crippen LogP contribution < -0.4 is 0 Å². The molecule has 28 rings (SSSR count). The van der Waals surface area contributed by atoms with Crippen LogP contribution in [-0.4, -0.2) is 52.7 Å². The zero-order valence-electron chi connectivity index (χ0n) is 79.7. The lowest BCUT2D eigenvalue weighted by Gasteiger charge is -2.22. The number of aryl methyl sites for hydroxylation is 6. The maximum atomic E-state index is 6.11. The van der Waals surface area contributed by atoms with Crippen molar-refractivity contribution >= 4 is 148 Å². The summed E-state index contributed by atoms with van der Waals surface area (Å²) >= 11 is 0. The van der Waals surface area contributed by atoms with Crippen molar-refractivity contribution in [3.8, 4) is 85.5 Å². The average Bonchev–Trinajstić information content (AvgIpc) is 1.57. The molecule has 0 bridgehead atoms. The van der Waals surface area contributed by atoms with E-state index in [9.17, 15) is 0 Å². The molecule has 14 nitrogen and oxygen atoms in total. The first-order chi connectivity index (χ1) is 69.0. The third-order valence-corrected chi connectivity index (χ3v) is 29.1. The summed E-state index contributed by atoms with van der Waals surface area (Å²) in [6.45, 7) is 21.7. The predicted molar refractivity (Wildman–Crippen MR) is 580 cm³/mol. The summed E-state index contributed by atoms with van der Waals surface area (Å²) in [4.78, 5) is 30.1. The molecule has 0 saturated carbocycles. The van der Waals surface area contributed by atoms with E-state index in [4.69, 9.17) is 43.2 Å². The van der Waals surface area contributed by atoms with Crippen molar-refractivity contribution in [3.63, 3.8) is 0 Å². The zero-order chi connectivity index (χ0) is 95.2. The van der Waals surface area contributed by atoms with Crippen LogP contribution in [0.3, 0.4) is 0 Å². The number of allylic oxidation sites excluding steroid dienone is 2. The zero-order valence-corrected chi connectivity index (χ0v) is 79.7. The fourth-order valence-corrected chi connectivity index (χ4v) is 21.3. The van der Waals surface area contributed by atoms with Crippen LogP contribution in [0.1, 0.15) is 72.8 Å². The molecule has 10 aromatic heterocycles. The van der Waals surface area contributed by atoms with Crippen LogP contribution in [0, 0.1) is 41.5 Å². The van der Waals surface area contributed by atoms with E-state index < -0.39 is 0 Å². The number of rotatable bonds is 10. The fourth-order valence-electron chi connectivity index (χ4n) is 21.3. The van der Waals surface area contributed by atoms with Crippen molar-refractivity contribution < 1.29 is 13.3 Å². The van der Waals surface area contributed by atoms with Crippen molar-refractivity contribution in [1.29, 1.82) is 0 Å². The standard InChI is InChI=1S/C37H26N4O.C35H25N3O.C30H21N3O.C25H23N/c1-23-24(2)42-34-22-31-29-18-9-10-19-32(29)41(33(31)21-30(23)34)28-17-11-16-27(20-28)37-39-35(25-12-5-3-6-13-25)38-36(40-37)26-14-7-4-8-15-26;1-22-23(2)39-34-21-29-27-15-6-8-17-31(27)37(33(29)20-28(22)34)26-14-10-11-24(19-26)35-36-30-16-7-9-18-32(30)38(35)25-12-4-3-5-13-25;1-18-19(2)34-28-17-24-21-12-7-9-15-26(21)33(27(24)16-23(18)28)30-31-25-14-8-6-13-22(25)29(32-30)20-10-4-3-5-11-20;1-16-17(2)25(3,4)22-14-21-19-12-8-9-13-23(19)26(24(21)15-20(16)22)18-10-6-5-7-11-18/h3-22H,1-2H3;3-21H,1-2H3;3-17H,1-2H3;5-15H,1-4H3. The number of furan rings is 3. The molecule has 0 unspecified atom stereocenters. The van der Waals surface area contributed by atoms with Gasteiger partial charge in [0.15, 0.2) is 17.5 Å². The van der Waals surface area contributed by atoms with E-state index in [-0.39, 0.29) is 5.41 Å². The van der Waals surface area contributed by atoms with Gasteiger partial charge in [-0.15, -0.1) is 0 Å². The first kappa shape index (κ1) is 84.8. The van der Waals surface area contributed by atoms with Crippen LogP contribution >= 0.6 is 0 Å². The number of para-hydroxylation sites is 9. The van der Waals surface area contributed by atoms with E-state index >= 15 is 0 Å². The van der Waals surface area contributed by atoms with Gasteiger partial charge in [0.25, 0.3) is 0 Å². The van der Waals surface area contributed by atoms with Gasteiger partial charge in [0.2, 0.25) is 5.95 Å². The van der Waals surface area contributed by atoms with Gasteiger partial charge in [-0.1, -0.05) is 274 Å². The van der Waals surface area contributed by atoms with Gasteiger partial charge in [-0.05, 0) is 228 Å². The van der Waals surface area contributed by atoms with Crippen LogP contribution in [-0.2, 0) is 5.41 Å². The molecule has 27 aromatic rings. The molecule has 0 amide bonds. The summed E-state index contributed by atoms with van der Waals surface area (Å²) in [6, 6.07) is 138. The monoisotopic (exact) mass is 1820 g/mol. The van der Waals surface area contributed by atoms with Crippen LogP contribution in [0.15, 0.2) is 413 Å². The quantitative estimate of drug-likeness (QED) is 0.131. The Kier molecular flexibility index (Phi) is 20.4. The van der Waals surface area contributed by atoms with Crippen molar-refractivity contribution in [3.05, 3.63) is 445 Å². The van der Waals surface area contributed by atoms with Gasteiger partial charge in [-0.25, -0.2) is 29.9 Å². The Labute approximate surface area is 813 Å². The van der Waals surface area contributed by atoms with Gasteiger partial charge in [0, 0.05) is 121 Å². The Morgan fingerprint density at radius 3 is 1.04 bits per heavy atom. The number of nitrogens with zero attached hydrogens (tertiary/aromatic N) is 11. The molecular formula is C127H95N11O3. The molecule has 10 heterocycles. The van der Waals surface area contributed by atoms with Crippen LogP contribution in [0.4, 0.5) is 0 Å². The fraction of sp³-hybridized carbons (Fsp3) is 0.0866. The number of aromatic nitrogens is 11. The lowest BCUT2D eigenvalue weighted by atomic mass is 9.81. The lowest BCUT2D eigenvalue weighted by Crippen LogP contribution is -2.15. The van der Waals surface area contributed by atoms with Gasteiger partial charge in [0.05, 0.1) is 66.4 Å². The van der Waals surface area contributed by atoms with Gasteiger partial charge in [0.1, 0.15) is 39.9 Å². The highest BCUT2D eigenvalue weighted by molar-refractivity contribution is 6.17. The van der Waals surface area contributed by atoms with Gasteiger partial charge in [-0.2, -0.15) is 0 Å². The largest absolute Gasteiger partial charge is 0.461 e. The number of hydrogen-bond acceptors (Lipinski definition) is 9. The van der Waals surface area contributed by atoms with Crippen LogP contribution in [0.25, 0.3) is 233 Å². The number of benzene rings is 17. The second kappa shape index (κ2) is 33.8. The third-order valence-electron chi connectivity index (χ3n) is 29.1. The van der Waals surface area contributed by atoms with Gasteiger partial charge >= 0.3 is 0 Å². The van der Waals surface area contributed by atoms with Gasteiger partial charge in [-0.3, -0.25) is 9.13 Å². The van der Waals surface area contributed by atoms with Crippen LogP contribution in [0.5, 0.6) is 0 Å². The molecule has 141 heavy (non-hydrogen) atoms. The Hall–Kier alpha value is -17.9. The van der Waals surface area contributed by atoms with Crippen molar-refractivity contribution in [1.82, 2.24) is 52.7 Å². The maximum absolute atomic E-state index is 6.11. The summed E-state index contributed by atoms with van der Waals surface area (Å²) in [5, 5.41) is 14.2. The normalized spacial score (nSPS) is 12.5. The molecule has 17 aromatic carbocycles. The molecule has 0 fully saturated rings. The highest BCUT2D eigenvalue weighted by Crippen LogP contribution is 2.50. The Balaban J connectivity index is 0.000000100. The summed E-state index contributed by atoms with van der Waals surface area (Å²) in [5.41, 5.74) is 34.8. The van der Waals surface area contributed by atoms with E-state index in [1.54, 1.807) is 0 Å². The highest BCUT2D eigenvalue weighted by Gasteiger charge is 2.35. The van der Waals surface area contributed by atoms with Crippen molar-refractivity contribution in [2.45, 2.75) is 74.7 Å². The molecule has 0 aliphatic heterocycles. The Morgan fingerprint density at radius 1 is 0.227 bits per heavy atom. The maximum Gasteiger partial charge on any atom is 0.235 e. The summed E-state index contributed by atoms with van der Waals surface area (Å²) in [6.07, 6.45) is 0. The molecule has 0 atom stereocenters. The Bertz CT molecular complexity index is 9690. The molecule has 1 aliphatic rings. The van der Waals surface area contributed by atoms with Crippen molar-refractivity contribution in [2.24, 2.45) is 0 Å². The molecule has 0 N–H and O–H groups in total. The third kappa shape index (κ3) is 14.2. The molecule has 676 valence electrons. The Morgan fingerprint density at radius 2 is 0.567 bits per heavy atom. The van der Waals surface area contributed by atoms with E-state index in [1.165, 1.54) is 88.1 Å². The minimum Gasteiger partial charge on any atom is -0.461 e. The summed E-state index contributed by atoms with van der Waals surface area (Å²) in [5.74, 6) is 6.39. The van der Waals surface area contributed by atoms with E-state index in [1.807, 2.05) is 124 Å². The highest BCUT2D eigenvalue weighted by atomic mass is 16.3. The first-order valence-electron chi connectivity index (χ1n) is 48.0. The second-order valence-electron chi connectivity index (χ2n) is 37.5. The molecule has 0 radical (unpaired) electrons. The predicted octanol–water partition coefficient (Wildman–Crippen LogP) is 33.1. The minimum absolute atomic E-state index is 0.101. The molecule has 0 saturated heterocycles. The lowest BCUT2D eigenvalue weighted by molar-refractivity contribution is 0.575. The van der Waals surface area contributed by atoms with E-state index in [2.05, 4.69) is 362 Å². The molecule has 14 heteroatoms. The van der Waals surface area contributed by atoms with Crippen LogP contribution in [0.2, 0.25) is 0 Å². The van der Waals surface area contributed by atoms with E-state index in [0.717, 1.165) is 172 Å². The molecule has 1 aliphatic carbocycles. The molecule has 0 spiro atoms.